The zero-order valence-corrected chi connectivity index (χ0v) is 15.5. The normalized spacial score (nSPS) is 28.2. The summed E-state index contributed by atoms with van der Waals surface area (Å²) in [5.41, 5.74) is 0.150. The first-order chi connectivity index (χ1) is 11.5. The van der Waals surface area contributed by atoms with Crippen molar-refractivity contribution in [2.24, 2.45) is 11.8 Å². The summed E-state index contributed by atoms with van der Waals surface area (Å²) in [6, 6.07) is 8.07. The van der Waals surface area contributed by atoms with Crippen molar-refractivity contribution in [3.63, 3.8) is 0 Å². The fourth-order valence-electron chi connectivity index (χ4n) is 4.68. The summed E-state index contributed by atoms with van der Waals surface area (Å²) < 4.78 is 6.42. The van der Waals surface area contributed by atoms with E-state index >= 15 is 0 Å². The summed E-state index contributed by atoms with van der Waals surface area (Å²) in [5, 5.41) is 1.14. The average Bonchev–Trinajstić information content (AvgIpc) is 3.01. The van der Waals surface area contributed by atoms with E-state index in [1.165, 1.54) is 25.9 Å². The molecule has 0 saturated carbocycles. The molecule has 1 atom stereocenters. The summed E-state index contributed by atoms with van der Waals surface area (Å²) >= 11 is 1.60. The number of hydrogen-bond donors (Lipinski definition) is 0. The van der Waals surface area contributed by atoms with Crippen molar-refractivity contribution in [3.05, 3.63) is 29.1 Å². The Hall–Kier alpha value is -1.39. The van der Waals surface area contributed by atoms with Crippen molar-refractivity contribution in [1.82, 2.24) is 4.90 Å². The van der Waals surface area contributed by atoms with E-state index < -0.39 is 0 Å². The number of piperidine rings is 3. The summed E-state index contributed by atoms with van der Waals surface area (Å²) in [6.45, 7) is 7.05. The van der Waals surface area contributed by atoms with E-state index in [0.717, 1.165) is 20.7 Å². The fraction of sp³-hybridized carbons (Fsp3) is 0.550. The molecule has 0 aliphatic carbocycles. The maximum absolute atomic E-state index is 13.0. The number of nitrogens with zero attached hydrogens (tertiary/aromatic N) is 1. The number of Topliss-reactive ketones (excluding diaryl/α,β-unsaturated/α-hetero) is 1. The molecular weight excluding hydrogens is 318 g/mol. The monoisotopic (exact) mass is 343 g/mol. The van der Waals surface area contributed by atoms with Gasteiger partial charge < -0.3 is 4.74 Å². The molecule has 1 aromatic carbocycles. The van der Waals surface area contributed by atoms with Gasteiger partial charge >= 0.3 is 0 Å². The Labute approximate surface area is 147 Å². The lowest BCUT2D eigenvalue weighted by Crippen LogP contribution is -2.61. The van der Waals surface area contributed by atoms with Crippen LogP contribution in [0.5, 0.6) is 5.75 Å². The Morgan fingerprint density at radius 1 is 1.29 bits per heavy atom. The highest BCUT2D eigenvalue weighted by Gasteiger charge is 2.47. The quantitative estimate of drug-likeness (QED) is 0.760. The van der Waals surface area contributed by atoms with E-state index in [9.17, 15) is 4.79 Å². The van der Waals surface area contributed by atoms with Crippen LogP contribution in [0.15, 0.2) is 24.3 Å². The molecular formula is C20H25NO2S. The molecule has 3 aliphatic rings. The van der Waals surface area contributed by atoms with Crippen LogP contribution in [0.3, 0.4) is 0 Å². The highest BCUT2D eigenvalue weighted by molar-refractivity contribution is 7.20. The first-order valence-corrected chi connectivity index (χ1v) is 9.66. The Bertz CT molecular complexity index is 771. The number of fused-ring (bicyclic) bond motifs is 4. The van der Waals surface area contributed by atoms with E-state index in [1.807, 2.05) is 18.2 Å². The molecule has 0 spiro atoms. The third kappa shape index (κ3) is 2.56. The SMILES string of the molecule is COc1ccc2cc(C(=O)C[C@H]3C4CCN(CC4)C3(C)C)sc2c1. The molecule has 2 aromatic rings. The number of carbonyl (C=O) groups is 1. The van der Waals surface area contributed by atoms with Crippen molar-refractivity contribution in [2.45, 2.75) is 38.6 Å². The van der Waals surface area contributed by atoms with E-state index in [0.29, 0.717) is 24.0 Å². The highest BCUT2D eigenvalue weighted by atomic mass is 32.1. The van der Waals surface area contributed by atoms with Crippen LogP contribution in [-0.4, -0.2) is 36.4 Å². The summed E-state index contributed by atoms with van der Waals surface area (Å²) in [4.78, 5) is 16.4. The minimum Gasteiger partial charge on any atom is -0.497 e. The number of carbonyl (C=O) groups excluding carboxylic acids is 1. The van der Waals surface area contributed by atoms with E-state index in [-0.39, 0.29) is 5.54 Å². The zero-order chi connectivity index (χ0) is 16.9. The number of ether oxygens (including phenoxy) is 1. The molecule has 4 heteroatoms. The molecule has 3 saturated heterocycles. The first-order valence-electron chi connectivity index (χ1n) is 8.85. The number of methoxy groups -OCH3 is 1. The van der Waals surface area contributed by atoms with E-state index in [2.05, 4.69) is 24.8 Å². The van der Waals surface area contributed by atoms with Crippen molar-refractivity contribution in [3.8, 4) is 5.75 Å². The molecule has 0 amide bonds. The third-order valence-electron chi connectivity index (χ3n) is 6.24. The standard InChI is InChI=1S/C20H25NO2S/c1-20(2)16(13-6-8-21(20)9-7-13)12-17(22)19-10-14-4-5-15(23-3)11-18(14)24-19/h4-5,10-11,13,16H,6-9,12H2,1-3H3/t16-/m0/s1. The van der Waals surface area contributed by atoms with Crippen molar-refractivity contribution >= 4 is 27.2 Å². The predicted molar refractivity (Wildman–Crippen MR) is 99.2 cm³/mol. The van der Waals surface area contributed by atoms with Crippen LogP contribution >= 0.6 is 11.3 Å². The lowest BCUT2D eigenvalue weighted by atomic mass is 9.65. The van der Waals surface area contributed by atoms with Crippen molar-refractivity contribution < 1.29 is 9.53 Å². The number of thiophene rings is 1. The van der Waals surface area contributed by atoms with Gasteiger partial charge in [-0.05, 0) is 81.3 Å². The van der Waals surface area contributed by atoms with Crippen LogP contribution in [0, 0.1) is 11.8 Å². The molecule has 1 aromatic heterocycles. The van der Waals surface area contributed by atoms with Gasteiger partial charge in [0, 0.05) is 16.7 Å². The van der Waals surface area contributed by atoms with Crippen LogP contribution in [0.1, 0.15) is 42.8 Å². The van der Waals surface area contributed by atoms with Gasteiger partial charge in [-0.3, -0.25) is 9.69 Å². The van der Waals surface area contributed by atoms with Gasteiger partial charge in [0.15, 0.2) is 5.78 Å². The highest BCUT2D eigenvalue weighted by Crippen LogP contribution is 2.46. The predicted octanol–water partition coefficient (Wildman–Crippen LogP) is 4.60. The Kier molecular flexibility index (Phi) is 3.92. The van der Waals surface area contributed by atoms with E-state index in [4.69, 9.17) is 4.74 Å². The summed E-state index contributed by atoms with van der Waals surface area (Å²) in [5.74, 6) is 2.35. The Balaban J connectivity index is 1.58. The molecule has 3 fully saturated rings. The second-order valence-electron chi connectivity index (χ2n) is 7.73. The average molecular weight is 343 g/mol. The van der Waals surface area contributed by atoms with Crippen molar-refractivity contribution in [2.75, 3.05) is 20.2 Å². The van der Waals surface area contributed by atoms with Gasteiger partial charge in [-0.1, -0.05) is 0 Å². The maximum atomic E-state index is 13.0. The molecule has 4 heterocycles. The number of rotatable bonds is 4. The molecule has 3 aliphatic heterocycles. The Morgan fingerprint density at radius 3 is 2.71 bits per heavy atom. The number of ketones is 1. The second kappa shape index (κ2) is 5.85. The molecule has 3 nitrogen and oxygen atoms in total. The minimum atomic E-state index is 0.150. The summed E-state index contributed by atoms with van der Waals surface area (Å²) in [7, 11) is 1.68. The topological polar surface area (TPSA) is 29.5 Å². The fourth-order valence-corrected chi connectivity index (χ4v) is 5.72. The smallest absolute Gasteiger partial charge is 0.173 e. The first kappa shape index (κ1) is 16.1. The molecule has 24 heavy (non-hydrogen) atoms. The van der Waals surface area contributed by atoms with Gasteiger partial charge in [-0.25, -0.2) is 0 Å². The van der Waals surface area contributed by atoms with Crippen LogP contribution < -0.4 is 4.74 Å². The molecule has 0 N–H and O–H groups in total. The van der Waals surface area contributed by atoms with Gasteiger partial charge in [0.05, 0.1) is 12.0 Å². The van der Waals surface area contributed by atoms with Gasteiger partial charge in [0.2, 0.25) is 0 Å². The second-order valence-corrected chi connectivity index (χ2v) is 8.81. The van der Waals surface area contributed by atoms with Crippen LogP contribution in [-0.2, 0) is 0 Å². The molecule has 2 bridgehead atoms. The van der Waals surface area contributed by atoms with Crippen LogP contribution in [0.4, 0.5) is 0 Å². The van der Waals surface area contributed by atoms with Crippen molar-refractivity contribution in [1.29, 1.82) is 0 Å². The maximum Gasteiger partial charge on any atom is 0.173 e. The van der Waals surface area contributed by atoms with Gasteiger partial charge in [0.1, 0.15) is 5.75 Å². The molecule has 0 unspecified atom stereocenters. The lowest BCUT2D eigenvalue weighted by Gasteiger charge is -2.56. The van der Waals surface area contributed by atoms with E-state index in [1.54, 1.807) is 18.4 Å². The lowest BCUT2D eigenvalue weighted by molar-refractivity contribution is -0.0643. The summed E-state index contributed by atoms with van der Waals surface area (Å²) in [6.07, 6.45) is 3.19. The molecule has 0 radical (unpaired) electrons. The molecule has 128 valence electrons. The zero-order valence-electron chi connectivity index (χ0n) is 14.7. The van der Waals surface area contributed by atoms with Crippen LogP contribution in [0.2, 0.25) is 0 Å². The van der Waals surface area contributed by atoms with Gasteiger partial charge in [0.25, 0.3) is 0 Å². The third-order valence-corrected chi connectivity index (χ3v) is 7.38. The number of hydrogen-bond acceptors (Lipinski definition) is 4. The number of benzene rings is 1. The minimum absolute atomic E-state index is 0.150. The van der Waals surface area contributed by atoms with Gasteiger partial charge in [-0.2, -0.15) is 0 Å². The largest absolute Gasteiger partial charge is 0.497 e. The molecule has 5 rings (SSSR count). The Morgan fingerprint density at radius 2 is 2.04 bits per heavy atom. The van der Waals surface area contributed by atoms with Gasteiger partial charge in [-0.15, -0.1) is 11.3 Å². The van der Waals surface area contributed by atoms with Crippen LogP contribution in [0.25, 0.3) is 10.1 Å².